The van der Waals surface area contributed by atoms with E-state index in [2.05, 4.69) is 194 Å². The van der Waals surface area contributed by atoms with Crippen LogP contribution in [0.2, 0.25) is 0 Å². The van der Waals surface area contributed by atoms with Crippen molar-refractivity contribution in [3.8, 4) is 22.3 Å². The topological polar surface area (TPSA) is 0 Å². The summed E-state index contributed by atoms with van der Waals surface area (Å²) in [5.74, 6) is 0. The van der Waals surface area contributed by atoms with Crippen molar-refractivity contribution in [1.82, 2.24) is 0 Å². The summed E-state index contributed by atoms with van der Waals surface area (Å²) in [6.07, 6.45) is 0. The lowest BCUT2D eigenvalue weighted by molar-refractivity contribution is 1.49. The fraction of sp³-hybridized carbons (Fsp3) is 0. The summed E-state index contributed by atoms with van der Waals surface area (Å²) in [6.45, 7) is 0. The molecular formula is C44H34. The van der Waals surface area contributed by atoms with Gasteiger partial charge in [-0.2, -0.15) is 0 Å². The highest BCUT2D eigenvalue weighted by Gasteiger charge is 2.18. The van der Waals surface area contributed by atoms with Crippen LogP contribution in [0.15, 0.2) is 206 Å². The molecule has 0 radical (unpaired) electrons. The van der Waals surface area contributed by atoms with Crippen molar-refractivity contribution in [1.29, 1.82) is 0 Å². The molecule has 0 unspecified atom stereocenters. The highest BCUT2D eigenvalue weighted by atomic mass is 14.2. The van der Waals surface area contributed by atoms with Gasteiger partial charge in [-0.1, -0.05) is 206 Å². The lowest BCUT2D eigenvalue weighted by atomic mass is 9.83. The highest BCUT2D eigenvalue weighted by molar-refractivity contribution is 6.07. The van der Waals surface area contributed by atoms with Crippen molar-refractivity contribution >= 4 is 11.1 Å². The molecule has 7 aromatic carbocycles. The zero-order chi connectivity index (χ0) is 29.8. The second kappa shape index (κ2) is 14.4. The predicted molar refractivity (Wildman–Crippen MR) is 188 cm³/mol. The Balaban J connectivity index is 0.000000238. The molecule has 0 aliphatic heterocycles. The summed E-state index contributed by atoms with van der Waals surface area (Å²) in [5, 5.41) is 0. The molecule has 0 fully saturated rings. The Kier molecular flexibility index (Phi) is 9.33. The maximum atomic E-state index is 2.25. The first kappa shape index (κ1) is 28.4. The zero-order valence-electron chi connectivity index (χ0n) is 24.6. The molecule has 0 amide bonds. The Hall–Kier alpha value is -5.72. The van der Waals surface area contributed by atoms with Gasteiger partial charge in [-0.15, -0.1) is 0 Å². The first-order chi connectivity index (χ1) is 21.9. The molecule has 0 N–H and O–H groups in total. The number of hydrogen-bond acceptors (Lipinski definition) is 0. The Labute approximate surface area is 261 Å². The minimum Gasteiger partial charge on any atom is -0.0622 e. The monoisotopic (exact) mass is 562 g/mol. The third-order valence-electron chi connectivity index (χ3n) is 7.60. The molecule has 0 aliphatic carbocycles. The standard InChI is InChI=1S/C32H24.C12H10/c1-5-15-25(16-6-1)29-23-13-14-24-30(29)32(28-21-11-4-12-22-28)31(26-17-7-2-8-18-26)27-19-9-3-10-20-27;1-3-7-11(8-4-1)12-9-5-2-6-10-12/h1-24H;1-10H. The maximum Gasteiger partial charge on any atom is -0.00206 e. The Morgan fingerprint density at radius 1 is 0.227 bits per heavy atom. The third-order valence-corrected chi connectivity index (χ3v) is 7.60. The van der Waals surface area contributed by atoms with Crippen LogP contribution < -0.4 is 0 Å². The molecule has 210 valence electrons. The predicted octanol–water partition coefficient (Wildman–Crippen LogP) is 11.7. The van der Waals surface area contributed by atoms with E-state index in [1.54, 1.807) is 0 Å². The summed E-state index contributed by atoms with van der Waals surface area (Å²) in [7, 11) is 0. The van der Waals surface area contributed by atoms with Gasteiger partial charge in [0.1, 0.15) is 0 Å². The van der Waals surface area contributed by atoms with Crippen LogP contribution in [0.5, 0.6) is 0 Å². The Bertz CT molecular complexity index is 1810. The van der Waals surface area contributed by atoms with E-state index in [0.717, 1.165) is 0 Å². The minimum absolute atomic E-state index is 1.21. The van der Waals surface area contributed by atoms with Gasteiger partial charge in [0.05, 0.1) is 0 Å². The van der Waals surface area contributed by atoms with Crippen molar-refractivity contribution in [2.75, 3.05) is 0 Å². The molecule has 7 rings (SSSR count). The van der Waals surface area contributed by atoms with E-state index in [-0.39, 0.29) is 0 Å². The fourth-order valence-corrected chi connectivity index (χ4v) is 5.54. The lowest BCUT2D eigenvalue weighted by Crippen LogP contribution is -1.99. The summed E-state index contributed by atoms with van der Waals surface area (Å²) in [6, 6.07) is 72.3. The molecule has 0 saturated carbocycles. The molecule has 0 spiro atoms. The van der Waals surface area contributed by atoms with Crippen LogP contribution in [-0.2, 0) is 0 Å². The molecular weight excluding hydrogens is 528 g/mol. The molecule has 0 aromatic heterocycles. The smallest absolute Gasteiger partial charge is 0.00206 e. The van der Waals surface area contributed by atoms with Gasteiger partial charge in [0.2, 0.25) is 0 Å². The first-order valence-electron chi connectivity index (χ1n) is 15.0. The van der Waals surface area contributed by atoms with Crippen molar-refractivity contribution in [3.05, 3.63) is 229 Å². The molecule has 0 bridgehead atoms. The van der Waals surface area contributed by atoms with Gasteiger partial charge in [-0.3, -0.25) is 0 Å². The number of hydrogen-bond donors (Lipinski definition) is 0. The second-order valence-corrected chi connectivity index (χ2v) is 10.5. The molecule has 0 saturated heterocycles. The Morgan fingerprint density at radius 3 is 0.932 bits per heavy atom. The van der Waals surface area contributed by atoms with E-state index in [0.29, 0.717) is 0 Å². The van der Waals surface area contributed by atoms with Crippen LogP contribution in [0.25, 0.3) is 33.4 Å². The molecule has 0 atom stereocenters. The van der Waals surface area contributed by atoms with Gasteiger partial charge in [0, 0.05) is 0 Å². The fourth-order valence-electron chi connectivity index (χ4n) is 5.54. The second-order valence-electron chi connectivity index (χ2n) is 10.5. The van der Waals surface area contributed by atoms with E-state index in [9.17, 15) is 0 Å². The summed E-state index contributed by atoms with van der Waals surface area (Å²) >= 11 is 0. The third kappa shape index (κ3) is 6.84. The minimum atomic E-state index is 1.21. The molecule has 0 nitrogen and oxygen atoms in total. The highest BCUT2D eigenvalue weighted by Crippen LogP contribution is 2.40. The van der Waals surface area contributed by atoms with Crippen LogP contribution in [-0.4, -0.2) is 0 Å². The quantitative estimate of drug-likeness (QED) is 0.177. The first-order valence-corrected chi connectivity index (χ1v) is 15.0. The lowest BCUT2D eigenvalue weighted by Gasteiger charge is -2.20. The van der Waals surface area contributed by atoms with Gasteiger partial charge >= 0.3 is 0 Å². The van der Waals surface area contributed by atoms with Crippen molar-refractivity contribution in [3.63, 3.8) is 0 Å². The van der Waals surface area contributed by atoms with E-state index in [1.165, 1.54) is 55.7 Å². The number of benzene rings is 7. The largest absolute Gasteiger partial charge is 0.0622 e. The molecule has 0 aliphatic rings. The van der Waals surface area contributed by atoms with Gasteiger partial charge in [-0.05, 0) is 55.7 Å². The maximum absolute atomic E-state index is 2.25. The van der Waals surface area contributed by atoms with Crippen LogP contribution >= 0.6 is 0 Å². The molecule has 44 heavy (non-hydrogen) atoms. The van der Waals surface area contributed by atoms with Crippen LogP contribution in [0.4, 0.5) is 0 Å². The van der Waals surface area contributed by atoms with Gasteiger partial charge in [0.25, 0.3) is 0 Å². The molecule has 0 heterocycles. The van der Waals surface area contributed by atoms with Gasteiger partial charge in [-0.25, -0.2) is 0 Å². The summed E-state index contributed by atoms with van der Waals surface area (Å²) in [5.41, 5.74) is 12.3. The van der Waals surface area contributed by atoms with E-state index < -0.39 is 0 Å². The van der Waals surface area contributed by atoms with Crippen LogP contribution in [0.3, 0.4) is 0 Å². The SMILES string of the molecule is c1ccc(-c2ccccc2)cc1.c1ccc(C(=C(c2ccccc2)c2ccccc2-c2ccccc2)c2ccccc2)cc1. The van der Waals surface area contributed by atoms with E-state index >= 15 is 0 Å². The van der Waals surface area contributed by atoms with Crippen molar-refractivity contribution in [2.45, 2.75) is 0 Å². The van der Waals surface area contributed by atoms with Crippen molar-refractivity contribution < 1.29 is 0 Å². The van der Waals surface area contributed by atoms with Crippen LogP contribution in [0.1, 0.15) is 22.3 Å². The average molecular weight is 563 g/mol. The summed E-state index contributed by atoms with van der Waals surface area (Å²) < 4.78 is 0. The van der Waals surface area contributed by atoms with E-state index in [1.807, 2.05) is 12.1 Å². The van der Waals surface area contributed by atoms with Gasteiger partial charge in [0.15, 0.2) is 0 Å². The zero-order valence-corrected chi connectivity index (χ0v) is 24.6. The van der Waals surface area contributed by atoms with E-state index in [4.69, 9.17) is 0 Å². The summed E-state index contributed by atoms with van der Waals surface area (Å²) in [4.78, 5) is 0. The van der Waals surface area contributed by atoms with Gasteiger partial charge < -0.3 is 0 Å². The Morgan fingerprint density at radius 2 is 0.523 bits per heavy atom. The molecule has 0 heteroatoms. The normalized spacial score (nSPS) is 10.3. The average Bonchev–Trinajstić information content (AvgIpc) is 3.13. The number of rotatable bonds is 6. The van der Waals surface area contributed by atoms with Crippen molar-refractivity contribution in [2.24, 2.45) is 0 Å². The van der Waals surface area contributed by atoms with Crippen LogP contribution in [0, 0.1) is 0 Å². The molecule has 7 aromatic rings.